The van der Waals surface area contributed by atoms with Gasteiger partial charge in [0.05, 0.1) is 11.2 Å². The van der Waals surface area contributed by atoms with Crippen LogP contribution in [-0.2, 0) is 13.6 Å². The van der Waals surface area contributed by atoms with E-state index in [1.165, 1.54) is 0 Å². The predicted molar refractivity (Wildman–Crippen MR) is 84.1 cm³/mol. The second kappa shape index (κ2) is 5.88. The van der Waals surface area contributed by atoms with Gasteiger partial charge in [-0.15, -0.1) is 0 Å². The van der Waals surface area contributed by atoms with E-state index in [9.17, 15) is 4.57 Å². The van der Waals surface area contributed by atoms with Crippen molar-refractivity contribution in [2.24, 2.45) is 0 Å². The number of para-hydroxylation sites is 1. The van der Waals surface area contributed by atoms with Gasteiger partial charge in [0, 0.05) is 12.7 Å². The molecule has 0 spiro atoms. The molecule has 0 aliphatic heterocycles. The molecule has 0 fully saturated rings. The van der Waals surface area contributed by atoms with Crippen molar-refractivity contribution in [2.75, 3.05) is 11.7 Å². The molecule has 1 aromatic rings. The number of rotatable bonds is 4. The molecule has 5 heteroatoms. The van der Waals surface area contributed by atoms with Crippen molar-refractivity contribution in [1.29, 1.82) is 0 Å². The Labute approximate surface area is 122 Å². The van der Waals surface area contributed by atoms with Crippen molar-refractivity contribution in [2.45, 2.75) is 52.7 Å². The van der Waals surface area contributed by atoms with Gasteiger partial charge in [-0.3, -0.25) is 13.7 Å². The number of benzene rings is 1. The molecule has 0 aromatic heterocycles. The topological polar surface area (TPSA) is 38.8 Å². The Morgan fingerprint density at radius 2 is 1.30 bits per heavy atom. The molecule has 0 bridgehead atoms. The Morgan fingerprint density at radius 3 is 1.65 bits per heavy atom. The highest BCUT2D eigenvalue weighted by Gasteiger charge is 2.39. The molecule has 1 rings (SSSR count). The molecule has 0 aliphatic rings. The fourth-order valence-electron chi connectivity index (χ4n) is 1.62. The van der Waals surface area contributed by atoms with Crippen molar-refractivity contribution in [3.63, 3.8) is 0 Å². The van der Waals surface area contributed by atoms with Gasteiger partial charge in [0.1, 0.15) is 0 Å². The fraction of sp³-hybridized carbons (Fsp3) is 0.600. The molecule has 0 unspecified atom stereocenters. The highest BCUT2D eigenvalue weighted by Crippen LogP contribution is 2.57. The third-order valence-corrected chi connectivity index (χ3v) is 4.80. The van der Waals surface area contributed by atoms with Crippen molar-refractivity contribution in [1.82, 2.24) is 0 Å². The lowest BCUT2D eigenvalue weighted by Gasteiger charge is -2.37. The molecule has 0 amide bonds. The zero-order valence-electron chi connectivity index (χ0n) is 13.5. The summed E-state index contributed by atoms with van der Waals surface area (Å²) in [5, 5.41) is 0. The van der Waals surface area contributed by atoms with Crippen LogP contribution < -0.4 is 4.67 Å². The van der Waals surface area contributed by atoms with Crippen LogP contribution in [-0.4, -0.2) is 18.2 Å². The van der Waals surface area contributed by atoms with Crippen LogP contribution in [0.25, 0.3) is 0 Å². The predicted octanol–water partition coefficient (Wildman–Crippen LogP) is 4.86. The summed E-state index contributed by atoms with van der Waals surface area (Å²) in [6.45, 7) is 11.2. The monoisotopic (exact) mass is 299 g/mol. The van der Waals surface area contributed by atoms with Gasteiger partial charge in [-0.1, -0.05) is 18.2 Å². The molecule has 0 aliphatic carbocycles. The maximum atomic E-state index is 13.2. The van der Waals surface area contributed by atoms with E-state index in [4.69, 9.17) is 9.05 Å². The van der Waals surface area contributed by atoms with Crippen LogP contribution in [0.5, 0.6) is 0 Å². The van der Waals surface area contributed by atoms with Crippen LogP contribution >= 0.6 is 7.75 Å². The average molecular weight is 299 g/mol. The highest BCUT2D eigenvalue weighted by molar-refractivity contribution is 7.55. The van der Waals surface area contributed by atoms with E-state index in [-0.39, 0.29) is 0 Å². The molecule has 0 radical (unpaired) electrons. The average Bonchev–Trinajstić information content (AvgIpc) is 2.24. The Balaban J connectivity index is 3.14. The summed E-state index contributed by atoms with van der Waals surface area (Å²) in [6.07, 6.45) is 0. The number of hydrogen-bond donors (Lipinski definition) is 0. The van der Waals surface area contributed by atoms with E-state index in [0.29, 0.717) is 0 Å². The summed E-state index contributed by atoms with van der Waals surface area (Å²) < 4.78 is 26.4. The summed E-state index contributed by atoms with van der Waals surface area (Å²) in [5.74, 6) is 0. The van der Waals surface area contributed by atoms with Crippen LogP contribution in [0.1, 0.15) is 41.5 Å². The zero-order chi connectivity index (χ0) is 15.6. The van der Waals surface area contributed by atoms with Crippen molar-refractivity contribution >= 4 is 13.4 Å². The van der Waals surface area contributed by atoms with Gasteiger partial charge < -0.3 is 0 Å². The van der Waals surface area contributed by atoms with Crippen LogP contribution in [0, 0.1) is 0 Å². The van der Waals surface area contributed by atoms with Gasteiger partial charge in [0.2, 0.25) is 0 Å². The molecule has 0 N–H and O–H groups in total. The first kappa shape index (κ1) is 17.2. The van der Waals surface area contributed by atoms with E-state index >= 15 is 0 Å². The summed E-state index contributed by atoms with van der Waals surface area (Å²) in [4.78, 5) is 0. The first-order valence-electron chi connectivity index (χ1n) is 6.74. The van der Waals surface area contributed by atoms with Crippen LogP contribution in [0.4, 0.5) is 5.69 Å². The van der Waals surface area contributed by atoms with Gasteiger partial charge in [-0.25, -0.2) is 4.57 Å². The van der Waals surface area contributed by atoms with E-state index in [2.05, 4.69) is 0 Å². The van der Waals surface area contributed by atoms with Gasteiger partial charge in [-0.2, -0.15) is 0 Å². The molecule has 0 heterocycles. The molecular weight excluding hydrogens is 273 g/mol. The second-order valence-electron chi connectivity index (χ2n) is 6.74. The van der Waals surface area contributed by atoms with E-state index in [0.717, 1.165) is 5.69 Å². The summed E-state index contributed by atoms with van der Waals surface area (Å²) in [6, 6.07) is 9.46. The third-order valence-electron chi connectivity index (χ3n) is 2.28. The summed E-state index contributed by atoms with van der Waals surface area (Å²) in [7, 11) is -1.71. The lowest BCUT2D eigenvalue weighted by molar-refractivity contribution is 0.0485. The first-order chi connectivity index (χ1) is 8.93. The van der Waals surface area contributed by atoms with E-state index < -0.39 is 18.9 Å². The number of hydrogen-bond acceptors (Lipinski definition) is 3. The number of nitrogens with zero attached hydrogens (tertiary/aromatic N) is 1. The Bertz CT molecular complexity index is 454. The lowest BCUT2D eigenvalue weighted by Crippen LogP contribution is -2.30. The SMILES string of the molecule is CN(c1ccccc1)P(=O)(OC(C)(C)C)OC(C)(C)C. The third kappa shape index (κ3) is 5.28. The normalized spacial score (nSPS) is 13.3. The smallest absolute Gasteiger partial charge is 0.286 e. The van der Waals surface area contributed by atoms with Crippen LogP contribution in [0.2, 0.25) is 0 Å². The van der Waals surface area contributed by atoms with Crippen molar-refractivity contribution < 1.29 is 13.6 Å². The second-order valence-corrected chi connectivity index (χ2v) is 8.64. The van der Waals surface area contributed by atoms with Gasteiger partial charge >= 0.3 is 7.75 Å². The Morgan fingerprint density at radius 1 is 0.900 bits per heavy atom. The van der Waals surface area contributed by atoms with Gasteiger partial charge in [-0.05, 0) is 53.7 Å². The van der Waals surface area contributed by atoms with Crippen molar-refractivity contribution in [3.8, 4) is 0 Å². The molecular formula is C15H26NO3P. The van der Waals surface area contributed by atoms with E-state index in [1.54, 1.807) is 11.7 Å². The summed E-state index contributed by atoms with van der Waals surface area (Å²) in [5.41, 5.74) is -0.336. The maximum absolute atomic E-state index is 13.2. The Kier molecular flexibility index (Phi) is 5.07. The molecule has 114 valence electrons. The van der Waals surface area contributed by atoms with Crippen LogP contribution in [0.3, 0.4) is 0 Å². The first-order valence-corrected chi connectivity index (χ1v) is 8.23. The largest absolute Gasteiger partial charge is 0.436 e. The van der Waals surface area contributed by atoms with Gasteiger partial charge in [0.25, 0.3) is 0 Å². The van der Waals surface area contributed by atoms with Crippen LogP contribution in [0.15, 0.2) is 30.3 Å². The highest BCUT2D eigenvalue weighted by atomic mass is 31.2. The molecule has 20 heavy (non-hydrogen) atoms. The lowest BCUT2D eigenvalue weighted by atomic mass is 10.2. The molecule has 0 saturated heterocycles. The Hall–Kier alpha value is -0.830. The minimum absolute atomic E-state index is 0.566. The molecule has 0 atom stereocenters. The minimum atomic E-state index is -3.44. The minimum Gasteiger partial charge on any atom is -0.286 e. The molecule has 1 aromatic carbocycles. The molecule has 4 nitrogen and oxygen atoms in total. The zero-order valence-corrected chi connectivity index (χ0v) is 14.4. The molecule has 0 saturated carbocycles. The standard InChI is InChI=1S/C15H26NO3P/c1-14(2,3)18-20(17,19-15(4,5)6)16(7)13-11-9-8-10-12-13/h8-12H,1-7H3. The fourth-order valence-corrected chi connectivity index (χ4v) is 3.70. The van der Waals surface area contributed by atoms with E-state index in [1.807, 2.05) is 71.9 Å². The van der Waals surface area contributed by atoms with Crippen molar-refractivity contribution in [3.05, 3.63) is 30.3 Å². The maximum Gasteiger partial charge on any atom is 0.436 e. The summed E-state index contributed by atoms with van der Waals surface area (Å²) >= 11 is 0. The van der Waals surface area contributed by atoms with Gasteiger partial charge in [0.15, 0.2) is 0 Å². The quantitative estimate of drug-likeness (QED) is 0.744. The number of anilines is 1.